The van der Waals surface area contributed by atoms with Crippen molar-refractivity contribution in [1.29, 1.82) is 0 Å². The number of hydrogen-bond acceptors (Lipinski definition) is 4. The van der Waals surface area contributed by atoms with Gasteiger partial charge in [0, 0.05) is 35.7 Å². The van der Waals surface area contributed by atoms with Crippen molar-refractivity contribution in [2.75, 3.05) is 38.2 Å². The molecule has 182 valence electrons. The van der Waals surface area contributed by atoms with E-state index in [0.717, 1.165) is 50.7 Å². The number of fused-ring (bicyclic) bond motifs is 3. The van der Waals surface area contributed by atoms with Crippen LogP contribution in [0, 0.1) is 11.8 Å². The monoisotopic (exact) mass is 464 g/mol. The number of benzene rings is 1. The highest BCUT2D eigenvalue weighted by molar-refractivity contribution is 5.58. The second-order valence-corrected chi connectivity index (χ2v) is 9.20. The highest BCUT2D eigenvalue weighted by Crippen LogP contribution is 2.49. The van der Waals surface area contributed by atoms with Crippen LogP contribution in [0.2, 0.25) is 0 Å². The van der Waals surface area contributed by atoms with E-state index < -0.39 is 11.7 Å². The summed E-state index contributed by atoms with van der Waals surface area (Å²) in [5.74, 6) is 0.414. The van der Waals surface area contributed by atoms with Gasteiger partial charge in [-0.15, -0.1) is 0 Å². The Labute approximate surface area is 194 Å². The van der Waals surface area contributed by atoms with Crippen molar-refractivity contribution in [1.82, 2.24) is 4.90 Å². The SMILES string of the molecule is CCN(CC)CCOC[C@H]1CC[C@@H]2[C@H](O1)c1cc(C(F)(F)F)ccc1N[C@H]2C1C=CC=CC1. The smallest absolute Gasteiger partial charge is 0.381 e. The van der Waals surface area contributed by atoms with Crippen molar-refractivity contribution in [2.45, 2.75) is 57.5 Å². The molecule has 0 saturated carbocycles. The molecule has 1 aromatic carbocycles. The Balaban J connectivity index is 1.50. The first-order chi connectivity index (χ1) is 15.9. The average molecular weight is 465 g/mol. The predicted octanol–water partition coefficient (Wildman–Crippen LogP) is 5.83. The summed E-state index contributed by atoms with van der Waals surface area (Å²) in [4.78, 5) is 2.30. The van der Waals surface area contributed by atoms with Crippen LogP contribution in [0.15, 0.2) is 42.5 Å². The van der Waals surface area contributed by atoms with Crippen molar-refractivity contribution in [2.24, 2.45) is 11.8 Å². The molecule has 1 fully saturated rings. The summed E-state index contributed by atoms with van der Waals surface area (Å²) < 4.78 is 52.8. The lowest BCUT2D eigenvalue weighted by molar-refractivity contribution is -0.138. The molecule has 4 nitrogen and oxygen atoms in total. The normalized spacial score (nSPS) is 29.0. The van der Waals surface area contributed by atoms with Crippen molar-refractivity contribution in [3.05, 3.63) is 53.6 Å². The minimum absolute atomic E-state index is 0.106. The predicted molar refractivity (Wildman–Crippen MR) is 124 cm³/mol. The molecular formula is C26H35F3N2O2. The largest absolute Gasteiger partial charge is 0.416 e. The van der Waals surface area contributed by atoms with E-state index in [1.54, 1.807) is 6.07 Å². The van der Waals surface area contributed by atoms with E-state index in [0.29, 0.717) is 24.7 Å². The van der Waals surface area contributed by atoms with Crippen LogP contribution in [0.4, 0.5) is 18.9 Å². The molecule has 2 aliphatic heterocycles. The van der Waals surface area contributed by atoms with Gasteiger partial charge in [-0.1, -0.05) is 38.2 Å². The molecule has 2 heterocycles. The first-order valence-electron chi connectivity index (χ1n) is 12.2. The molecule has 0 aromatic heterocycles. The lowest BCUT2D eigenvalue weighted by atomic mass is 9.73. The maximum atomic E-state index is 13.5. The van der Waals surface area contributed by atoms with Crippen molar-refractivity contribution >= 4 is 5.69 Å². The maximum Gasteiger partial charge on any atom is 0.416 e. The summed E-state index contributed by atoms with van der Waals surface area (Å²) in [6.45, 7) is 8.21. The number of hydrogen-bond donors (Lipinski definition) is 1. The number of likely N-dealkylation sites (N-methyl/N-ethyl adjacent to an activating group) is 1. The number of ether oxygens (including phenoxy) is 2. The van der Waals surface area contributed by atoms with E-state index >= 15 is 0 Å². The first-order valence-corrected chi connectivity index (χ1v) is 12.2. The second-order valence-electron chi connectivity index (χ2n) is 9.20. The molecule has 0 spiro atoms. The van der Waals surface area contributed by atoms with Crippen LogP contribution in [0.3, 0.4) is 0 Å². The van der Waals surface area contributed by atoms with E-state index in [9.17, 15) is 13.2 Å². The number of nitrogens with zero attached hydrogens (tertiary/aromatic N) is 1. The summed E-state index contributed by atoms with van der Waals surface area (Å²) in [5, 5.41) is 3.57. The van der Waals surface area contributed by atoms with Gasteiger partial charge in [0.25, 0.3) is 0 Å². The van der Waals surface area contributed by atoms with Crippen molar-refractivity contribution in [3.8, 4) is 0 Å². The number of nitrogens with one attached hydrogen (secondary N) is 1. The zero-order valence-corrected chi connectivity index (χ0v) is 19.5. The fourth-order valence-electron chi connectivity index (χ4n) is 5.33. The molecule has 0 radical (unpaired) electrons. The van der Waals surface area contributed by atoms with Crippen LogP contribution in [-0.2, 0) is 15.7 Å². The standard InChI is InChI=1S/C26H35F3N2O2/c1-3-31(4-2)14-15-32-17-20-11-12-21-24(18-8-6-5-7-9-18)30-23-13-10-19(26(27,28)29)16-22(23)25(21)33-20/h5-8,10,13,16,18,20-21,24-25,30H,3-4,9,11-12,14-15,17H2,1-2H3/t18?,20-,21+,24+,25+/m1/s1. The molecule has 1 aliphatic carbocycles. The zero-order valence-electron chi connectivity index (χ0n) is 19.5. The summed E-state index contributed by atoms with van der Waals surface area (Å²) in [7, 11) is 0. The molecule has 0 bridgehead atoms. The molecule has 1 aromatic rings. The molecule has 4 rings (SSSR count). The van der Waals surface area contributed by atoms with E-state index in [1.165, 1.54) is 6.07 Å². The van der Waals surface area contributed by atoms with E-state index in [-0.39, 0.29) is 24.2 Å². The second kappa shape index (κ2) is 10.6. The van der Waals surface area contributed by atoms with Gasteiger partial charge < -0.3 is 19.7 Å². The third-order valence-corrected chi connectivity index (χ3v) is 7.24. The van der Waals surface area contributed by atoms with E-state index in [2.05, 4.69) is 42.3 Å². The fourth-order valence-corrected chi connectivity index (χ4v) is 5.33. The third kappa shape index (κ3) is 5.64. The van der Waals surface area contributed by atoms with Crippen molar-refractivity contribution < 1.29 is 22.6 Å². The molecular weight excluding hydrogens is 429 g/mol. The molecule has 7 heteroatoms. The van der Waals surface area contributed by atoms with Gasteiger partial charge in [0.2, 0.25) is 0 Å². The van der Waals surface area contributed by atoms with Gasteiger partial charge in [-0.3, -0.25) is 0 Å². The fraction of sp³-hybridized carbons (Fsp3) is 0.615. The number of rotatable bonds is 8. The summed E-state index contributed by atoms with van der Waals surface area (Å²) in [6, 6.07) is 4.13. The Kier molecular flexibility index (Phi) is 7.82. The molecule has 3 aliphatic rings. The zero-order chi connectivity index (χ0) is 23.4. The van der Waals surface area contributed by atoms with Crippen LogP contribution < -0.4 is 5.32 Å². The maximum absolute atomic E-state index is 13.5. The van der Waals surface area contributed by atoms with Gasteiger partial charge in [0.1, 0.15) is 0 Å². The minimum Gasteiger partial charge on any atom is -0.381 e. The van der Waals surface area contributed by atoms with E-state index in [4.69, 9.17) is 9.47 Å². The quantitative estimate of drug-likeness (QED) is 0.491. The Morgan fingerprint density at radius 3 is 2.67 bits per heavy atom. The first kappa shape index (κ1) is 24.3. The van der Waals surface area contributed by atoms with Crippen LogP contribution in [0.25, 0.3) is 0 Å². The molecule has 33 heavy (non-hydrogen) atoms. The molecule has 1 saturated heterocycles. The Morgan fingerprint density at radius 1 is 1.15 bits per heavy atom. The number of alkyl halides is 3. The molecule has 1 unspecified atom stereocenters. The highest BCUT2D eigenvalue weighted by atomic mass is 19.4. The minimum atomic E-state index is -4.38. The van der Waals surface area contributed by atoms with E-state index in [1.807, 2.05) is 6.08 Å². The number of allylic oxidation sites excluding steroid dienone is 3. The van der Waals surface area contributed by atoms with Crippen LogP contribution in [0.5, 0.6) is 0 Å². The third-order valence-electron chi connectivity index (χ3n) is 7.24. The van der Waals surface area contributed by atoms with Crippen LogP contribution in [-0.4, -0.2) is 49.9 Å². The summed E-state index contributed by atoms with van der Waals surface area (Å²) >= 11 is 0. The van der Waals surface area contributed by atoms with Gasteiger partial charge in [-0.25, -0.2) is 0 Å². The summed E-state index contributed by atoms with van der Waals surface area (Å²) in [6.07, 6.45) is 6.29. The molecule has 1 N–H and O–H groups in total. The van der Waals surface area contributed by atoms with Gasteiger partial charge in [0.05, 0.1) is 31.0 Å². The van der Waals surface area contributed by atoms with Gasteiger partial charge in [-0.2, -0.15) is 13.2 Å². The topological polar surface area (TPSA) is 33.7 Å². The van der Waals surface area contributed by atoms with Gasteiger partial charge in [0.15, 0.2) is 0 Å². The van der Waals surface area contributed by atoms with Gasteiger partial charge >= 0.3 is 6.18 Å². The Bertz CT molecular complexity index is 850. The van der Waals surface area contributed by atoms with Gasteiger partial charge in [-0.05, 0) is 50.6 Å². The molecule has 5 atom stereocenters. The lowest BCUT2D eigenvalue weighted by Crippen LogP contribution is -2.47. The Morgan fingerprint density at radius 2 is 1.97 bits per heavy atom. The van der Waals surface area contributed by atoms with Crippen LogP contribution >= 0.6 is 0 Å². The van der Waals surface area contributed by atoms with Crippen molar-refractivity contribution in [3.63, 3.8) is 0 Å². The Hall–Kier alpha value is -1.83. The number of halogens is 3. The van der Waals surface area contributed by atoms with Crippen LogP contribution in [0.1, 0.15) is 50.3 Å². The number of anilines is 1. The molecule has 0 amide bonds. The summed E-state index contributed by atoms with van der Waals surface area (Å²) in [5.41, 5.74) is 0.747. The average Bonchev–Trinajstić information content (AvgIpc) is 2.83. The lowest BCUT2D eigenvalue weighted by Gasteiger charge is -2.47. The highest BCUT2D eigenvalue weighted by Gasteiger charge is 2.45.